The molecule has 0 saturated heterocycles. The van der Waals surface area contributed by atoms with Gasteiger partial charge in [-0.15, -0.1) is 0 Å². The Hall–Kier alpha value is -3.03. The van der Waals surface area contributed by atoms with Crippen molar-refractivity contribution < 1.29 is 4.39 Å². The Balaban J connectivity index is 1.62. The highest BCUT2D eigenvalue weighted by Crippen LogP contribution is 2.24. The molecule has 2 aromatic carbocycles. The largest absolute Gasteiger partial charge is 0.374 e. The highest BCUT2D eigenvalue weighted by atomic mass is 35.5. The van der Waals surface area contributed by atoms with E-state index in [0.29, 0.717) is 22.2 Å². The molecule has 31 heavy (non-hydrogen) atoms. The summed E-state index contributed by atoms with van der Waals surface area (Å²) in [4.78, 5) is 6.23. The fourth-order valence-electron chi connectivity index (χ4n) is 3.35. The number of hydrogen-bond donors (Lipinski definition) is 0. The number of benzene rings is 2. The average Bonchev–Trinajstić information content (AvgIpc) is 3.11. The number of pyridine rings is 1. The van der Waals surface area contributed by atoms with Crippen LogP contribution in [0.4, 0.5) is 10.1 Å². The summed E-state index contributed by atoms with van der Waals surface area (Å²) in [6.45, 7) is 1.49. The van der Waals surface area contributed by atoms with Crippen LogP contribution in [0.3, 0.4) is 0 Å². The van der Waals surface area contributed by atoms with E-state index in [-0.39, 0.29) is 5.82 Å². The highest BCUT2D eigenvalue weighted by Gasteiger charge is 2.15. The Labute approximate surface area is 190 Å². The molecule has 0 radical (unpaired) electrons. The first-order valence-corrected chi connectivity index (χ1v) is 10.6. The molecule has 0 aliphatic heterocycles. The maximum Gasteiger partial charge on any atom is 0.202 e. The zero-order valence-corrected chi connectivity index (χ0v) is 18.5. The van der Waals surface area contributed by atoms with Crippen LogP contribution in [-0.4, -0.2) is 32.9 Å². The lowest BCUT2D eigenvalue weighted by atomic mass is 10.2. The van der Waals surface area contributed by atoms with Crippen LogP contribution in [0.1, 0.15) is 6.42 Å². The fourth-order valence-corrected chi connectivity index (χ4v) is 3.80. The van der Waals surface area contributed by atoms with E-state index in [9.17, 15) is 4.39 Å². The molecule has 0 spiro atoms. The first-order valence-electron chi connectivity index (χ1n) is 9.86. The lowest BCUT2D eigenvalue weighted by Crippen LogP contribution is -2.20. The molecule has 4 aromatic rings. The summed E-state index contributed by atoms with van der Waals surface area (Å²) >= 11 is 11.8. The van der Waals surface area contributed by atoms with Gasteiger partial charge in [0.25, 0.3) is 0 Å². The number of anilines is 1. The SMILES string of the molecule is CN(CCCn1nc(-c2ccc(F)cc2)n(-c2ccc(Cl)cc2)c1=S)c1ccncc1. The molecule has 0 unspecified atom stereocenters. The number of aryl methyl sites for hydroxylation is 1. The predicted molar refractivity (Wildman–Crippen MR) is 125 cm³/mol. The van der Waals surface area contributed by atoms with Crippen LogP contribution in [-0.2, 0) is 6.54 Å². The molecule has 8 heteroatoms. The molecule has 4 rings (SSSR count). The zero-order valence-electron chi connectivity index (χ0n) is 16.9. The van der Waals surface area contributed by atoms with Gasteiger partial charge in [0.05, 0.1) is 5.69 Å². The monoisotopic (exact) mass is 453 g/mol. The lowest BCUT2D eigenvalue weighted by molar-refractivity contribution is 0.569. The minimum absolute atomic E-state index is 0.293. The normalized spacial score (nSPS) is 10.9. The van der Waals surface area contributed by atoms with E-state index in [1.54, 1.807) is 24.5 Å². The van der Waals surface area contributed by atoms with Crippen molar-refractivity contribution in [3.8, 4) is 17.1 Å². The molecule has 5 nitrogen and oxygen atoms in total. The predicted octanol–water partition coefficient (Wildman–Crippen LogP) is 5.78. The second-order valence-electron chi connectivity index (χ2n) is 7.13. The van der Waals surface area contributed by atoms with Crippen LogP contribution in [0, 0.1) is 10.6 Å². The summed E-state index contributed by atoms with van der Waals surface area (Å²) < 4.78 is 17.8. The van der Waals surface area contributed by atoms with Crippen LogP contribution < -0.4 is 4.90 Å². The number of nitrogens with zero attached hydrogens (tertiary/aromatic N) is 5. The number of halogens is 2. The van der Waals surface area contributed by atoms with Gasteiger partial charge in [0.15, 0.2) is 5.82 Å². The Morgan fingerprint density at radius 2 is 1.68 bits per heavy atom. The quantitative estimate of drug-likeness (QED) is 0.332. The van der Waals surface area contributed by atoms with Crippen molar-refractivity contribution in [2.24, 2.45) is 0 Å². The van der Waals surface area contributed by atoms with Crippen LogP contribution in [0.25, 0.3) is 17.1 Å². The number of aromatic nitrogens is 4. The Bertz CT molecular complexity index is 1200. The molecule has 2 aromatic heterocycles. The van der Waals surface area contributed by atoms with E-state index in [1.165, 1.54) is 12.1 Å². The van der Waals surface area contributed by atoms with Gasteiger partial charge in [-0.3, -0.25) is 9.55 Å². The van der Waals surface area contributed by atoms with E-state index < -0.39 is 0 Å². The van der Waals surface area contributed by atoms with Crippen LogP contribution >= 0.6 is 23.8 Å². The Morgan fingerprint density at radius 1 is 1.00 bits per heavy atom. The summed E-state index contributed by atoms with van der Waals surface area (Å²) in [7, 11) is 2.05. The van der Waals surface area contributed by atoms with Gasteiger partial charge in [0, 0.05) is 48.8 Å². The van der Waals surface area contributed by atoms with Crippen molar-refractivity contribution >= 4 is 29.5 Å². The van der Waals surface area contributed by atoms with Crippen LogP contribution in [0.15, 0.2) is 73.1 Å². The van der Waals surface area contributed by atoms with Crippen molar-refractivity contribution in [2.45, 2.75) is 13.0 Å². The summed E-state index contributed by atoms with van der Waals surface area (Å²) in [5.41, 5.74) is 2.75. The number of rotatable bonds is 7. The minimum Gasteiger partial charge on any atom is -0.374 e. The summed E-state index contributed by atoms with van der Waals surface area (Å²) in [5, 5.41) is 5.41. The van der Waals surface area contributed by atoms with Gasteiger partial charge in [-0.1, -0.05) is 11.6 Å². The molecule has 0 bridgehead atoms. The Kier molecular flexibility index (Phi) is 6.44. The third-order valence-electron chi connectivity index (χ3n) is 4.99. The molecule has 0 atom stereocenters. The molecule has 2 heterocycles. The van der Waals surface area contributed by atoms with Crippen molar-refractivity contribution in [3.05, 3.63) is 88.7 Å². The summed E-state index contributed by atoms with van der Waals surface area (Å²) in [5.74, 6) is 0.369. The first kappa shape index (κ1) is 21.2. The second-order valence-corrected chi connectivity index (χ2v) is 7.93. The lowest BCUT2D eigenvalue weighted by Gasteiger charge is -2.18. The molecular weight excluding hydrogens is 433 g/mol. The van der Waals surface area contributed by atoms with Crippen molar-refractivity contribution in [1.29, 1.82) is 0 Å². The Morgan fingerprint density at radius 3 is 2.35 bits per heavy atom. The fraction of sp³-hybridized carbons (Fsp3) is 0.174. The molecular formula is C23H21ClFN5S. The molecule has 0 aliphatic rings. The average molecular weight is 454 g/mol. The van der Waals surface area contributed by atoms with Gasteiger partial charge in [0.1, 0.15) is 5.82 Å². The van der Waals surface area contributed by atoms with Gasteiger partial charge >= 0.3 is 0 Å². The maximum atomic E-state index is 13.5. The van der Waals surface area contributed by atoms with Gasteiger partial charge in [-0.25, -0.2) is 9.07 Å². The van der Waals surface area contributed by atoms with Crippen molar-refractivity contribution in [2.75, 3.05) is 18.5 Å². The molecule has 0 N–H and O–H groups in total. The summed E-state index contributed by atoms with van der Waals surface area (Å²) in [6, 6.07) is 17.6. The van der Waals surface area contributed by atoms with Gasteiger partial charge in [-0.05, 0) is 79.3 Å². The van der Waals surface area contributed by atoms with Crippen molar-refractivity contribution in [1.82, 2.24) is 19.3 Å². The van der Waals surface area contributed by atoms with Crippen LogP contribution in [0.5, 0.6) is 0 Å². The molecule has 158 valence electrons. The topological polar surface area (TPSA) is 38.9 Å². The maximum absolute atomic E-state index is 13.5. The smallest absolute Gasteiger partial charge is 0.202 e. The third-order valence-corrected chi connectivity index (χ3v) is 5.64. The molecule has 0 fully saturated rings. The number of hydrogen-bond acceptors (Lipinski definition) is 4. The third kappa shape index (κ3) is 4.84. The van der Waals surface area contributed by atoms with Gasteiger partial charge < -0.3 is 4.90 Å². The van der Waals surface area contributed by atoms with Crippen LogP contribution in [0.2, 0.25) is 5.02 Å². The van der Waals surface area contributed by atoms with E-state index in [0.717, 1.165) is 29.9 Å². The highest BCUT2D eigenvalue weighted by molar-refractivity contribution is 7.71. The van der Waals surface area contributed by atoms with E-state index in [1.807, 2.05) is 52.7 Å². The summed E-state index contributed by atoms with van der Waals surface area (Å²) in [6.07, 6.45) is 4.42. The van der Waals surface area contributed by atoms with E-state index >= 15 is 0 Å². The minimum atomic E-state index is -0.293. The van der Waals surface area contributed by atoms with E-state index in [4.69, 9.17) is 28.9 Å². The zero-order chi connectivity index (χ0) is 21.8. The van der Waals surface area contributed by atoms with Gasteiger partial charge in [0.2, 0.25) is 4.77 Å². The molecule has 0 amide bonds. The van der Waals surface area contributed by atoms with Crippen molar-refractivity contribution in [3.63, 3.8) is 0 Å². The molecule has 0 saturated carbocycles. The van der Waals surface area contributed by atoms with Gasteiger partial charge in [-0.2, -0.15) is 5.10 Å². The standard InChI is InChI=1S/C23H21ClFN5S/c1-28(20-11-13-26-14-12-20)15-2-16-29-23(31)30(21-9-5-18(24)6-10-21)22(27-29)17-3-7-19(25)8-4-17/h3-14H,2,15-16H2,1H3. The molecule has 0 aliphatic carbocycles. The first-order chi connectivity index (χ1) is 15.0. The second kappa shape index (κ2) is 9.41. The van der Waals surface area contributed by atoms with E-state index in [2.05, 4.69) is 9.88 Å².